The van der Waals surface area contributed by atoms with Crippen molar-refractivity contribution < 1.29 is 9.47 Å². The lowest BCUT2D eigenvalue weighted by atomic mass is 10.0. The Morgan fingerprint density at radius 1 is 1.35 bits per heavy atom. The zero-order valence-electron chi connectivity index (χ0n) is 12.5. The summed E-state index contributed by atoms with van der Waals surface area (Å²) in [6.45, 7) is 3.29. The standard InChI is InChI=1S/C15H25N3O2/c1-18-8-4-3-5-14(18)12-16-13-6-7-15(17-11-13)20-10-9-19-2/h6-7,11,14,16H,3-5,8-10,12H2,1-2H3. The Labute approximate surface area is 121 Å². The maximum atomic E-state index is 5.44. The number of aromatic nitrogens is 1. The highest BCUT2D eigenvalue weighted by atomic mass is 16.5. The normalized spacial score (nSPS) is 19.8. The van der Waals surface area contributed by atoms with Gasteiger partial charge in [-0.2, -0.15) is 0 Å². The van der Waals surface area contributed by atoms with Crippen LogP contribution < -0.4 is 10.1 Å². The molecule has 0 amide bonds. The van der Waals surface area contributed by atoms with Gasteiger partial charge in [-0.25, -0.2) is 4.98 Å². The van der Waals surface area contributed by atoms with Crippen LogP contribution >= 0.6 is 0 Å². The van der Waals surface area contributed by atoms with Crippen molar-refractivity contribution in [3.05, 3.63) is 18.3 Å². The first-order chi connectivity index (χ1) is 9.79. The molecule has 0 aliphatic carbocycles. The van der Waals surface area contributed by atoms with E-state index in [1.165, 1.54) is 25.8 Å². The SMILES string of the molecule is COCCOc1ccc(NCC2CCCCN2C)cn1. The van der Waals surface area contributed by atoms with E-state index in [-0.39, 0.29) is 0 Å². The van der Waals surface area contributed by atoms with Crippen LogP contribution in [0.3, 0.4) is 0 Å². The van der Waals surface area contributed by atoms with Crippen molar-refractivity contribution in [1.29, 1.82) is 0 Å². The minimum absolute atomic E-state index is 0.531. The molecule has 0 bridgehead atoms. The van der Waals surface area contributed by atoms with Crippen molar-refractivity contribution in [3.63, 3.8) is 0 Å². The van der Waals surface area contributed by atoms with Crippen molar-refractivity contribution in [2.45, 2.75) is 25.3 Å². The van der Waals surface area contributed by atoms with E-state index in [0.29, 0.717) is 25.1 Å². The maximum absolute atomic E-state index is 5.44. The Balaban J connectivity index is 1.75. The number of anilines is 1. The first kappa shape index (κ1) is 15.1. The van der Waals surface area contributed by atoms with Gasteiger partial charge in [0, 0.05) is 25.8 Å². The molecule has 1 fully saturated rings. The van der Waals surface area contributed by atoms with Crippen LogP contribution in [-0.2, 0) is 4.74 Å². The van der Waals surface area contributed by atoms with Crippen molar-refractivity contribution in [2.24, 2.45) is 0 Å². The molecular weight excluding hydrogens is 254 g/mol. The van der Waals surface area contributed by atoms with E-state index < -0.39 is 0 Å². The summed E-state index contributed by atoms with van der Waals surface area (Å²) in [6, 6.07) is 4.53. The second-order valence-electron chi connectivity index (χ2n) is 5.24. The molecule has 0 spiro atoms. The smallest absolute Gasteiger partial charge is 0.213 e. The Morgan fingerprint density at radius 2 is 2.25 bits per heavy atom. The Kier molecular flexibility index (Phi) is 6.08. The maximum Gasteiger partial charge on any atom is 0.213 e. The summed E-state index contributed by atoms with van der Waals surface area (Å²) in [5.41, 5.74) is 1.04. The third kappa shape index (κ3) is 4.65. The number of hydrogen-bond donors (Lipinski definition) is 1. The Hall–Kier alpha value is -1.33. The summed E-state index contributed by atoms with van der Waals surface area (Å²) in [4.78, 5) is 6.72. The Bertz CT molecular complexity index is 383. The number of likely N-dealkylation sites (N-methyl/N-ethyl adjacent to an activating group) is 1. The first-order valence-electron chi connectivity index (χ1n) is 7.31. The highest BCUT2D eigenvalue weighted by molar-refractivity contribution is 5.42. The molecule has 112 valence electrons. The molecule has 1 aliphatic rings. The van der Waals surface area contributed by atoms with Gasteiger partial charge in [0.25, 0.3) is 0 Å². The van der Waals surface area contributed by atoms with Gasteiger partial charge in [-0.1, -0.05) is 6.42 Å². The molecule has 2 rings (SSSR count). The topological polar surface area (TPSA) is 46.6 Å². The van der Waals surface area contributed by atoms with E-state index >= 15 is 0 Å². The number of ether oxygens (including phenoxy) is 2. The summed E-state index contributed by atoms with van der Waals surface area (Å²) < 4.78 is 10.4. The molecule has 2 heterocycles. The van der Waals surface area contributed by atoms with E-state index in [2.05, 4.69) is 22.2 Å². The van der Waals surface area contributed by atoms with Gasteiger partial charge in [0.15, 0.2) is 0 Å². The fourth-order valence-corrected chi connectivity index (χ4v) is 2.44. The predicted octanol–water partition coefficient (Wildman–Crippen LogP) is 2.00. The molecule has 1 saturated heterocycles. The van der Waals surface area contributed by atoms with E-state index in [9.17, 15) is 0 Å². The van der Waals surface area contributed by atoms with Crippen molar-refractivity contribution >= 4 is 5.69 Å². The third-order valence-electron chi connectivity index (χ3n) is 3.74. The van der Waals surface area contributed by atoms with Crippen LogP contribution in [0.25, 0.3) is 0 Å². The average molecular weight is 279 g/mol. The number of likely N-dealkylation sites (tertiary alicyclic amines) is 1. The number of piperidine rings is 1. The predicted molar refractivity (Wildman–Crippen MR) is 80.4 cm³/mol. The van der Waals surface area contributed by atoms with Crippen molar-refractivity contribution in [1.82, 2.24) is 9.88 Å². The summed E-state index contributed by atoms with van der Waals surface area (Å²) in [7, 11) is 3.86. The highest BCUT2D eigenvalue weighted by Crippen LogP contribution is 2.17. The molecule has 20 heavy (non-hydrogen) atoms. The fraction of sp³-hybridized carbons (Fsp3) is 0.667. The van der Waals surface area contributed by atoms with Crippen molar-refractivity contribution in [2.75, 3.05) is 45.8 Å². The molecule has 1 aromatic heterocycles. The molecule has 1 aliphatic heterocycles. The van der Waals surface area contributed by atoms with Crippen LogP contribution in [0.15, 0.2) is 18.3 Å². The van der Waals surface area contributed by atoms with Gasteiger partial charge in [0.1, 0.15) is 6.61 Å². The van der Waals surface area contributed by atoms with Gasteiger partial charge >= 0.3 is 0 Å². The van der Waals surface area contributed by atoms with Gasteiger partial charge in [-0.05, 0) is 32.5 Å². The zero-order chi connectivity index (χ0) is 14.2. The monoisotopic (exact) mass is 279 g/mol. The fourth-order valence-electron chi connectivity index (χ4n) is 2.44. The lowest BCUT2D eigenvalue weighted by molar-refractivity contribution is 0.144. The number of methoxy groups -OCH3 is 1. The van der Waals surface area contributed by atoms with Crippen LogP contribution in [0, 0.1) is 0 Å². The number of hydrogen-bond acceptors (Lipinski definition) is 5. The van der Waals surface area contributed by atoms with Gasteiger partial charge in [0.05, 0.1) is 18.5 Å². The van der Waals surface area contributed by atoms with Crippen LogP contribution in [0.4, 0.5) is 5.69 Å². The summed E-state index contributed by atoms with van der Waals surface area (Å²) in [5, 5.41) is 3.45. The Morgan fingerprint density at radius 3 is 2.95 bits per heavy atom. The quantitative estimate of drug-likeness (QED) is 0.774. The number of pyridine rings is 1. The third-order valence-corrected chi connectivity index (χ3v) is 3.74. The van der Waals surface area contributed by atoms with Crippen LogP contribution in [-0.4, -0.2) is 56.4 Å². The molecule has 0 radical (unpaired) electrons. The summed E-state index contributed by atoms with van der Waals surface area (Å²) in [6.07, 6.45) is 5.75. The average Bonchev–Trinajstić information content (AvgIpc) is 2.48. The summed E-state index contributed by atoms with van der Waals surface area (Å²) >= 11 is 0. The molecule has 0 saturated carbocycles. The second kappa shape index (κ2) is 8.07. The number of rotatable bonds is 7. The van der Waals surface area contributed by atoms with Gasteiger partial charge in [-0.15, -0.1) is 0 Å². The van der Waals surface area contributed by atoms with Crippen LogP contribution in [0.5, 0.6) is 5.88 Å². The molecule has 1 N–H and O–H groups in total. The molecule has 1 aromatic rings. The van der Waals surface area contributed by atoms with E-state index in [0.717, 1.165) is 12.2 Å². The van der Waals surface area contributed by atoms with Gasteiger partial charge < -0.3 is 19.7 Å². The van der Waals surface area contributed by atoms with Gasteiger partial charge in [0.2, 0.25) is 5.88 Å². The molecule has 1 unspecified atom stereocenters. The van der Waals surface area contributed by atoms with E-state index in [4.69, 9.17) is 9.47 Å². The molecular formula is C15H25N3O2. The van der Waals surface area contributed by atoms with Crippen LogP contribution in [0.2, 0.25) is 0 Å². The zero-order valence-corrected chi connectivity index (χ0v) is 12.5. The lowest BCUT2D eigenvalue weighted by Gasteiger charge is -2.32. The second-order valence-corrected chi connectivity index (χ2v) is 5.24. The highest BCUT2D eigenvalue weighted by Gasteiger charge is 2.18. The number of nitrogens with one attached hydrogen (secondary N) is 1. The van der Waals surface area contributed by atoms with Crippen molar-refractivity contribution in [3.8, 4) is 5.88 Å². The molecule has 1 atom stereocenters. The minimum atomic E-state index is 0.531. The lowest BCUT2D eigenvalue weighted by Crippen LogP contribution is -2.40. The van der Waals surface area contributed by atoms with E-state index in [1.54, 1.807) is 7.11 Å². The van der Waals surface area contributed by atoms with E-state index in [1.807, 2.05) is 18.3 Å². The summed E-state index contributed by atoms with van der Waals surface area (Å²) in [5.74, 6) is 0.641. The van der Waals surface area contributed by atoms with Gasteiger partial charge in [-0.3, -0.25) is 0 Å². The molecule has 5 heteroatoms. The first-order valence-corrected chi connectivity index (χ1v) is 7.31. The molecule has 0 aromatic carbocycles. The minimum Gasteiger partial charge on any atom is -0.475 e. The molecule has 5 nitrogen and oxygen atoms in total. The largest absolute Gasteiger partial charge is 0.475 e. The number of nitrogens with zero attached hydrogens (tertiary/aromatic N) is 2. The van der Waals surface area contributed by atoms with Crippen LogP contribution in [0.1, 0.15) is 19.3 Å².